The smallest absolute Gasteiger partial charge is 0.257 e. The van der Waals surface area contributed by atoms with Gasteiger partial charge >= 0.3 is 0 Å². The van der Waals surface area contributed by atoms with E-state index in [9.17, 15) is 4.79 Å². The Labute approximate surface area is 182 Å². The van der Waals surface area contributed by atoms with Crippen LogP contribution in [0.2, 0.25) is 5.02 Å². The first-order valence-corrected chi connectivity index (χ1v) is 10.6. The molecule has 0 N–H and O–H groups in total. The van der Waals surface area contributed by atoms with Crippen molar-refractivity contribution in [3.8, 4) is 5.75 Å². The number of hydrogen-bond donors (Lipinski definition) is 0. The number of hydrazone groups is 1. The van der Waals surface area contributed by atoms with E-state index in [0.29, 0.717) is 18.0 Å². The van der Waals surface area contributed by atoms with Gasteiger partial charge in [-0.05, 0) is 48.5 Å². The van der Waals surface area contributed by atoms with E-state index < -0.39 is 0 Å². The highest BCUT2D eigenvalue weighted by molar-refractivity contribution is 6.31. The van der Waals surface area contributed by atoms with Crippen LogP contribution in [-0.2, 0) is 4.79 Å². The fourth-order valence-corrected chi connectivity index (χ4v) is 4.22. The normalized spacial score (nSPS) is 20.3. The highest BCUT2D eigenvalue weighted by Crippen LogP contribution is 2.36. The summed E-state index contributed by atoms with van der Waals surface area (Å²) >= 11 is 6.49. The Kier molecular flexibility index (Phi) is 6.37. The Bertz CT molecular complexity index is 923. The second-order valence-electron chi connectivity index (χ2n) is 7.83. The van der Waals surface area contributed by atoms with Crippen molar-refractivity contribution >= 4 is 23.2 Å². The Balaban J connectivity index is 1.59. The summed E-state index contributed by atoms with van der Waals surface area (Å²) < 4.78 is 5.26. The highest BCUT2D eigenvalue weighted by atomic mass is 35.5. The monoisotopic (exact) mass is 426 g/mol. The molecule has 1 atom stereocenters. The summed E-state index contributed by atoms with van der Waals surface area (Å²) in [4.78, 5) is 17.8. The molecule has 2 aliphatic rings. The maximum atomic E-state index is 13.3. The Morgan fingerprint density at radius 1 is 1.10 bits per heavy atom. The van der Waals surface area contributed by atoms with Gasteiger partial charge < -0.3 is 9.64 Å². The summed E-state index contributed by atoms with van der Waals surface area (Å²) in [6.07, 6.45) is 0.630. The van der Waals surface area contributed by atoms with Gasteiger partial charge in [-0.2, -0.15) is 5.10 Å². The van der Waals surface area contributed by atoms with Crippen molar-refractivity contribution in [1.82, 2.24) is 14.8 Å². The first-order valence-electron chi connectivity index (χ1n) is 10.2. The van der Waals surface area contributed by atoms with Gasteiger partial charge in [-0.1, -0.05) is 29.8 Å². The first kappa shape index (κ1) is 20.8. The predicted octanol–water partition coefficient (Wildman–Crippen LogP) is 3.27. The number of carbonyl (C=O) groups excluding carboxylic acids is 1. The summed E-state index contributed by atoms with van der Waals surface area (Å²) in [6, 6.07) is 15.3. The van der Waals surface area contributed by atoms with Crippen molar-refractivity contribution in [2.24, 2.45) is 5.10 Å². The number of carbonyl (C=O) groups is 1. The van der Waals surface area contributed by atoms with E-state index in [0.717, 1.165) is 48.8 Å². The molecule has 2 aromatic rings. The van der Waals surface area contributed by atoms with Gasteiger partial charge in [0.15, 0.2) is 0 Å². The number of hydrogen-bond acceptors (Lipinski definition) is 5. The van der Waals surface area contributed by atoms with Gasteiger partial charge in [0, 0.05) is 37.6 Å². The quantitative estimate of drug-likeness (QED) is 0.736. The number of likely N-dealkylation sites (N-methyl/N-ethyl adjacent to an activating group) is 1. The lowest BCUT2D eigenvalue weighted by Gasteiger charge is -2.33. The fraction of sp³-hybridized carbons (Fsp3) is 0.391. The molecule has 0 bridgehead atoms. The summed E-state index contributed by atoms with van der Waals surface area (Å²) in [5.74, 6) is 0.802. The van der Waals surface area contributed by atoms with Crippen molar-refractivity contribution in [1.29, 1.82) is 0 Å². The van der Waals surface area contributed by atoms with E-state index in [1.54, 1.807) is 12.1 Å². The molecule has 7 heteroatoms. The summed E-state index contributed by atoms with van der Waals surface area (Å²) in [6.45, 7) is 4.10. The van der Waals surface area contributed by atoms with Crippen LogP contribution in [0.5, 0.6) is 5.75 Å². The molecule has 1 saturated heterocycles. The van der Waals surface area contributed by atoms with Gasteiger partial charge in [0.25, 0.3) is 5.91 Å². The maximum absolute atomic E-state index is 13.3. The van der Waals surface area contributed by atoms with E-state index in [2.05, 4.69) is 16.8 Å². The van der Waals surface area contributed by atoms with Gasteiger partial charge in [-0.3, -0.25) is 9.69 Å². The van der Waals surface area contributed by atoms with Crippen LogP contribution in [0.15, 0.2) is 53.6 Å². The second-order valence-corrected chi connectivity index (χ2v) is 8.24. The lowest BCUT2D eigenvalue weighted by Crippen LogP contribution is -2.48. The molecule has 6 nitrogen and oxygen atoms in total. The Hall–Kier alpha value is -2.41. The number of amides is 1. The van der Waals surface area contributed by atoms with E-state index in [4.69, 9.17) is 21.4 Å². The minimum atomic E-state index is -0.198. The molecule has 30 heavy (non-hydrogen) atoms. The van der Waals surface area contributed by atoms with Crippen LogP contribution >= 0.6 is 11.6 Å². The highest BCUT2D eigenvalue weighted by Gasteiger charge is 2.35. The Morgan fingerprint density at radius 2 is 1.80 bits per heavy atom. The van der Waals surface area contributed by atoms with Crippen LogP contribution in [0.3, 0.4) is 0 Å². The molecule has 0 unspecified atom stereocenters. The number of methoxy groups -OCH3 is 1. The number of piperazine rings is 1. The second kappa shape index (κ2) is 9.16. The molecule has 158 valence electrons. The van der Waals surface area contributed by atoms with Crippen LogP contribution in [0.4, 0.5) is 0 Å². The maximum Gasteiger partial charge on any atom is 0.257 e. The fourth-order valence-electron chi connectivity index (χ4n) is 3.96. The topological polar surface area (TPSA) is 48.4 Å². The molecule has 1 fully saturated rings. The van der Waals surface area contributed by atoms with Crippen LogP contribution in [-0.4, -0.2) is 73.3 Å². The average molecular weight is 427 g/mol. The first-order chi connectivity index (χ1) is 14.5. The molecule has 0 saturated carbocycles. The van der Waals surface area contributed by atoms with E-state index in [-0.39, 0.29) is 11.9 Å². The molecule has 1 amide bonds. The summed E-state index contributed by atoms with van der Waals surface area (Å²) in [5, 5.41) is 7.05. The van der Waals surface area contributed by atoms with Gasteiger partial charge in [0.05, 0.1) is 25.4 Å². The minimum absolute atomic E-state index is 0.00739. The van der Waals surface area contributed by atoms with Gasteiger partial charge in [-0.25, -0.2) is 5.01 Å². The van der Waals surface area contributed by atoms with Crippen molar-refractivity contribution in [3.63, 3.8) is 0 Å². The van der Waals surface area contributed by atoms with E-state index in [1.165, 1.54) is 0 Å². The minimum Gasteiger partial charge on any atom is -0.497 e. The molecule has 2 heterocycles. The zero-order chi connectivity index (χ0) is 21.1. The lowest BCUT2D eigenvalue weighted by atomic mass is 9.98. The van der Waals surface area contributed by atoms with Gasteiger partial charge in [0.1, 0.15) is 5.75 Å². The summed E-state index contributed by atoms with van der Waals surface area (Å²) in [7, 11) is 3.76. The van der Waals surface area contributed by atoms with E-state index >= 15 is 0 Å². The standard InChI is InChI=1S/C23H27ClN4O2/c1-26-11-13-27(14-12-26)16-23(29)28-22(19-5-3-4-6-20(19)24)15-21(25-28)17-7-9-18(30-2)10-8-17/h3-10,22H,11-16H2,1-2H3/t22-/m1/s1. The number of ether oxygens (including phenoxy) is 1. The third-order valence-corrected chi connectivity index (χ3v) is 6.15. The summed E-state index contributed by atoms with van der Waals surface area (Å²) in [5.41, 5.74) is 2.80. The van der Waals surface area contributed by atoms with Gasteiger partial charge in [0.2, 0.25) is 0 Å². The largest absolute Gasteiger partial charge is 0.497 e. The van der Waals surface area contributed by atoms with Gasteiger partial charge in [-0.15, -0.1) is 0 Å². The molecule has 2 aliphatic heterocycles. The zero-order valence-electron chi connectivity index (χ0n) is 17.4. The number of rotatable bonds is 5. The molecule has 0 aliphatic carbocycles. The number of halogens is 1. The SMILES string of the molecule is COc1ccc(C2=NN(C(=O)CN3CCN(C)CC3)[C@@H](c3ccccc3Cl)C2)cc1. The van der Waals surface area contributed by atoms with Crippen LogP contribution in [0.25, 0.3) is 0 Å². The molecule has 0 radical (unpaired) electrons. The third kappa shape index (κ3) is 4.51. The average Bonchev–Trinajstić information content (AvgIpc) is 3.21. The molecule has 0 spiro atoms. The predicted molar refractivity (Wildman–Crippen MR) is 119 cm³/mol. The van der Waals surface area contributed by atoms with Crippen LogP contribution < -0.4 is 4.74 Å². The van der Waals surface area contributed by atoms with Crippen molar-refractivity contribution in [3.05, 3.63) is 64.7 Å². The van der Waals surface area contributed by atoms with Crippen LogP contribution in [0.1, 0.15) is 23.6 Å². The Morgan fingerprint density at radius 3 is 2.47 bits per heavy atom. The number of nitrogens with zero attached hydrogens (tertiary/aromatic N) is 4. The molecular weight excluding hydrogens is 400 g/mol. The number of benzene rings is 2. The third-order valence-electron chi connectivity index (χ3n) is 5.81. The van der Waals surface area contributed by atoms with E-state index in [1.807, 2.05) is 48.5 Å². The van der Waals surface area contributed by atoms with Crippen molar-refractivity contribution < 1.29 is 9.53 Å². The van der Waals surface area contributed by atoms with Crippen LogP contribution in [0, 0.1) is 0 Å². The molecule has 0 aromatic heterocycles. The molecular formula is C23H27ClN4O2. The van der Waals surface area contributed by atoms with Crippen molar-refractivity contribution in [2.45, 2.75) is 12.5 Å². The van der Waals surface area contributed by atoms with Crippen molar-refractivity contribution in [2.75, 3.05) is 46.9 Å². The molecule has 4 rings (SSSR count). The zero-order valence-corrected chi connectivity index (χ0v) is 18.2. The lowest BCUT2D eigenvalue weighted by molar-refractivity contribution is -0.134. The molecule has 2 aromatic carbocycles.